The third-order valence-corrected chi connectivity index (χ3v) is 3.69. The number of rotatable bonds is 7. The number of methoxy groups -OCH3 is 1. The molecule has 1 aromatic carbocycles. The minimum absolute atomic E-state index is 0.620. The van der Waals surface area contributed by atoms with Gasteiger partial charge >= 0.3 is 0 Å². The van der Waals surface area contributed by atoms with Crippen molar-refractivity contribution in [1.82, 2.24) is 15.2 Å². The smallest absolute Gasteiger partial charge is 0.209 e. The lowest BCUT2D eigenvalue weighted by atomic mass is 10.2. The lowest BCUT2D eigenvalue weighted by Gasteiger charge is -2.02. The highest BCUT2D eigenvalue weighted by atomic mass is 32.2. The van der Waals surface area contributed by atoms with E-state index in [0.717, 1.165) is 28.6 Å². The number of hydrogen-bond donors (Lipinski definition) is 0. The fraction of sp³-hybridized carbons (Fsp3) is 0.250. The lowest BCUT2D eigenvalue weighted by molar-refractivity contribution is 0.415. The summed E-state index contributed by atoms with van der Waals surface area (Å²) in [6.07, 6.45) is 4.27. The third-order valence-electron chi connectivity index (χ3n) is 2.86. The molecule has 22 heavy (non-hydrogen) atoms. The van der Waals surface area contributed by atoms with Crippen LogP contribution in [0.15, 0.2) is 47.1 Å². The zero-order valence-corrected chi connectivity index (χ0v) is 13.5. The molecule has 0 saturated heterocycles. The summed E-state index contributed by atoms with van der Waals surface area (Å²) in [5.41, 5.74) is 2.59. The molecule has 0 N–H and O–H groups in total. The topological polar surface area (TPSA) is 60.3 Å². The second-order valence-electron chi connectivity index (χ2n) is 4.44. The van der Waals surface area contributed by atoms with Crippen LogP contribution in [0.2, 0.25) is 0 Å². The largest absolute Gasteiger partial charge is 0.497 e. The summed E-state index contributed by atoms with van der Waals surface area (Å²) >= 11 is 1.52. The molecule has 0 unspecified atom stereocenters. The standard InChI is InChI=1S/C16H18N4OS/c1-4-11-22-16-18-15(12(2)19-20-16)9-10-17-13-5-7-14(21-3)8-6-13/h4-8,10H,1,9,11H2,2-3H3. The van der Waals surface area contributed by atoms with Gasteiger partial charge in [0.15, 0.2) is 0 Å². The molecule has 5 nitrogen and oxygen atoms in total. The maximum absolute atomic E-state index is 5.12. The van der Waals surface area contributed by atoms with Crippen molar-refractivity contribution in [3.8, 4) is 5.75 Å². The minimum atomic E-state index is 0.620. The molecule has 0 aliphatic carbocycles. The average Bonchev–Trinajstić information content (AvgIpc) is 2.56. The summed E-state index contributed by atoms with van der Waals surface area (Å²) < 4.78 is 5.12. The second-order valence-corrected chi connectivity index (χ2v) is 5.43. The summed E-state index contributed by atoms with van der Waals surface area (Å²) in [5.74, 6) is 1.59. The number of aliphatic imine (C=N–C) groups is 1. The molecule has 0 fully saturated rings. The predicted octanol–water partition coefficient (Wildman–Crippen LogP) is 3.41. The van der Waals surface area contributed by atoms with Gasteiger partial charge in [-0.3, -0.25) is 4.99 Å². The zero-order chi connectivity index (χ0) is 15.8. The molecule has 114 valence electrons. The maximum Gasteiger partial charge on any atom is 0.209 e. The minimum Gasteiger partial charge on any atom is -0.497 e. The molecule has 2 aromatic rings. The molecule has 0 atom stereocenters. The molecule has 0 spiro atoms. The van der Waals surface area contributed by atoms with Gasteiger partial charge in [0.2, 0.25) is 5.16 Å². The Balaban J connectivity index is 2.02. The van der Waals surface area contributed by atoms with Crippen molar-refractivity contribution in [2.75, 3.05) is 12.9 Å². The van der Waals surface area contributed by atoms with E-state index >= 15 is 0 Å². The number of benzene rings is 1. The molecule has 6 heteroatoms. The van der Waals surface area contributed by atoms with Gasteiger partial charge in [0.25, 0.3) is 0 Å². The van der Waals surface area contributed by atoms with Crippen LogP contribution in [-0.4, -0.2) is 34.3 Å². The third kappa shape index (κ3) is 4.66. The molecular formula is C16H18N4OS. The Morgan fingerprint density at radius 2 is 2.05 bits per heavy atom. The lowest BCUT2D eigenvalue weighted by Crippen LogP contribution is -2.02. The van der Waals surface area contributed by atoms with Gasteiger partial charge < -0.3 is 4.74 Å². The number of nitrogens with zero attached hydrogens (tertiary/aromatic N) is 4. The zero-order valence-electron chi connectivity index (χ0n) is 12.7. The summed E-state index contributed by atoms with van der Waals surface area (Å²) in [4.78, 5) is 8.92. The summed E-state index contributed by atoms with van der Waals surface area (Å²) in [6.45, 7) is 5.59. The number of hydrogen-bond acceptors (Lipinski definition) is 6. The summed E-state index contributed by atoms with van der Waals surface area (Å²) in [6, 6.07) is 7.58. The van der Waals surface area contributed by atoms with Gasteiger partial charge in [-0.25, -0.2) is 4.98 Å². The van der Waals surface area contributed by atoms with Gasteiger partial charge in [-0.15, -0.1) is 11.7 Å². The van der Waals surface area contributed by atoms with E-state index in [9.17, 15) is 0 Å². The first kappa shape index (κ1) is 16.2. The quantitative estimate of drug-likeness (QED) is 0.445. The van der Waals surface area contributed by atoms with Gasteiger partial charge in [-0.1, -0.05) is 17.8 Å². The van der Waals surface area contributed by atoms with Crippen LogP contribution >= 0.6 is 11.8 Å². The maximum atomic E-state index is 5.12. The van der Waals surface area contributed by atoms with Gasteiger partial charge in [0.05, 0.1) is 24.2 Å². The normalized spacial score (nSPS) is 10.8. The summed E-state index contributed by atoms with van der Waals surface area (Å²) in [5, 5.41) is 8.86. The number of ether oxygens (including phenoxy) is 1. The van der Waals surface area contributed by atoms with Gasteiger partial charge in [-0.05, 0) is 31.2 Å². The Kier molecular flexibility index (Phi) is 6.09. The molecule has 0 radical (unpaired) electrons. The first-order valence-electron chi connectivity index (χ1n) is 6.83. The van der Waals surface area contributed by atoms with Crippen LogP contribution in [0.3, 0.4) is 0 Å². The summed E-state index contributed by atoms with van der Waals surface area (Å²) in [7, 11) is 1.64. The van der Waals surface area contributed by atoms with Crippen molar-refractivity contribution in [1.29, 1.82) is 0 Å². The van der Waals surface area contributed by atoms with Crippen LogP contribution < -0.4 is 4.74 Å². The van der Waals surface area contributed by atoms with E-state index in [2.05, 4.69) is 26.8 Å². The van der Waals surface area contributed by atoms with E-state index in [4.69, 9.17) is 4.74 Å². The highest BCUT2D eigenvalue weighted by Gasteiger charge is 2.04. The Labute approximate surface area is 134 Å². The predicted molar refractivity (Wildman–Crippen MR) is 90.3 cm³/mol. The molecule has 0 amide bonds. The SMILES string of the molecule is C=CCSc1nnc(C)c(CC=Nc2ccc(OC)cc2)n1. The van der Waals surface area contributed by atoms with Crippen LogP contribution in [0.25, 0.3) is 0 Å². The first-order valence-corrected chi connectivity index (χ1v) is 7.82. The second kappa shape index (κ2) is 8.29. The fourth-order valence-electron chi connectivity index (χ4n) is 1.69. The van der Waals surface area contributed by atoms with Crippen LogP contribution in [0.4, 0.5) is 5.69 Å². The van der Waals surface area contributed by atoms with E-state index in [-0.39, 0.29) is 0 Å². The highest BCUT2D eigenvalue weighted by Crippen LogP contribution is 2.17. The number of aryl methyl sites for hydroxylation is 1. The molecule has 0 saturated carbocycles. The Bertz CT molecular complexity index is 656. The molecule has 1 aromatic heterocycles. The van der Waals surface area contributed by atoms with Crippen molar-refractivity contribution < 1.29 is 4.74 Å². The first-order chi connectivity index (χ1) is 10.7. The average molecular weight is 314 g/mol. The van der Waals surface area contributed by atoms with Crippen LogP contribution in [0.1, 0.15) is 11.4 Å². The van der Waals surface area contributed by atoms with Crippen molar-refractivity contribution in [2.24, 2.45) is 4.99 Å². The molecule has 1 heterocycles. The van der Waals surface area contributed by atoms with E-state index in [1.807, 2.05) is 43.5 Å². The van der Waals surface area contributed by atoms with Crippen molar-refractivity contribution >= 4 is 23.7 Å². The van der Waals surface area contributed by atoms with Gasteiger partial charge in [-0.2, -0.15) is 5.10 Å². The number of aromatic nitrogens is 3. The van der Waals surface area contributed by atoms with Gasteiger partial charge in [0, 0.05) is 18.4 Å². The van der Waals surface area contributed by atoms with E-state index in [0.29, 0.717) is 11.6 Å². The molecular weight excluding hydrogens is 296 g/mol. The molecule has 0 aliphatic rings. The van der Waals surface area contributed by atoms with E-state index in [1.54, 1.807) is 7.11 Å². The van der Waals surface area contributed by atoms with Crippen molar-refractivity contribution in [3.63, 3.8) is 0 Å². The van der Waals surface area contributed by atoms with Crippen LogP contribution in [-0.2, 0) is 6.42 Å². The molecule has 2 rings (SSSR count). The van der Waals surface area contributed by atoms with Crippen LogP contribution in [0.5, 0.6) is 5.75 Å². The monoisotopic (exact) mass is 314 g/mol. The van der Waals surface area contributed by atoms with Crippen LogP contribution in [0, 0.1) is 6.92 Å². The van der Waals surface area contributed by atoms with Crippen molar-refractivity contribution in [3.05, 3.63) is 48.3 Å². The van der Waals surface area contributed by atoms with Crippen molar-refractivity contribution in [2.45, 2.75) is 18.5 Å². The fourth-order valence-corrected chi connectivity index (χ4v) is 2.23. The molecule has 0 aliphatic heterocycles. The Morgan fingerprint density at radius 3 is 2.73 bits per heavy atom. The van der Waals surface area contributed by atoms with E-state index < -0.39 is 0 Å². The molecule has 0 bridgehead atoms. The number of thioether (sulfide) groups is 1. The highest BCUT2D eigenvalue weighted by molar-refractivity contribution is 7.99. The Hall–Kier alpha value is -2.21. The van der Waals surface area contributed by atoms with E-state index in [1.165, 1.54) is 11.8 Å². The van der Waals surface area contributed by atoms with Gasteiger partial charge in [0.1, 0.15) is 5.75 Å². The Morgan fingerprint density at radius 1 is 1.27 bits per heavy atom.